The fourth-order valence-corrected chi connectivity index (χ4v) is 3.75. The largest absolute Gasteiger partial charge is 0.460 e. The molecule has 6 atom stereocenters. The van der Waals surface area contributed by atoms with E-state index >= 15 is 0 Å². The Labute approximate surface area is 235 Å². The number of hydrogen-bond donors (Lipinski definition) is 4. The third-order valence-corrected chi connectivity index (χ3v) is 6.86. The zero-order valence-electron chi connectivity index (χ0n) is 25.3. The number of ether oxygens (including phenoxy) is 5. The van der Waals surface area contributed by atoms with Crippen LogP contribution in [-0.2, 0) is 28.5 Å². The van der Waals surface area contributed by atoms with Crippen LogP contribution in [0, 0.1) is 23.2 Å². The van der Waals surface area contributed by atoms with Gasteiger partial charge in [0.15, 0.2) is 0 Å². The van der Waals surface area contributed by atoms with Gasteiger partial charge in [-0.05, 0) is 38.0 Å². The molecule has 0 aliphatic carbocycles. The summed E-state index contributed by atoms with van der Waals surface area (Å²) in [7, 11) is 0. The molecule has 0 spiro atoms. The fourth-order valence-electron chi connectivity index (χ4n) is 3.75. The summed E-state index contributed by atoms with van der Waals surface area (Å²) in [5, 5.41) is 38.8. The van der Waals surface area contributed by atoms with Crippen molar-refractivity contribution >= 4 is 5.97 Å². The molecule has 10 heteroatoms. The summed E-state index contributed by atoms with van der Waals surface area (Å²) in [6.45, 7) is 18.5. The van der Waals surface area contributed by atoms with Gasteiger partial charge in [-0.1, -0.05) is 41.2 Å². The molecule has 0 rings (SSSR count). The van der Waals surface area contributed by atoms with Crippen molar-refractivity contribution in [2.24, 2.45) is 23.2 Å². The maximum absolute atomic E-state index is 11.4. The van der Waals surface area contributed by atoms with Crippen molar-refractivity contribution in [2.45, 2.75) is 79.1 Å². The Morgan fingerprint density at radius 1 is 0.872 bits per heavy atom. The standard InChI is InChI=1S/C29H56O10/c1-9-29(8,10-22(4)14-35-17-25(33)18-38-27(34)21(2)3)39-16-24(12-31)28(6,7)20-36-19-26(13-32)37-15-23(5)11-30/h22-26,30-33H,2,9-20H2,1,3-8H3. The van der Waals surface area contributed by atoms with Gasteiger partial charge < -0.3 is 44.1 Å². The maximum atomic E-state index is 11.4. The first-order valence-corrected chi connectivity index (χ1v) is 14.0. The van der Waals surface area contributed by atoms with E-state index in [1.54, 1.807) is 6.92 Å². The lowest BCUT2D eigenvalue weighted by atomic mass is 9.80. The van der Waals surface area contributed by atoms with Gasteiger partial charge in [-0.3, -0.25) is 0 Å². The van der Waals surface area contributed by atoms with Crippen LogP contribution in [-0.4, -0.2) is 110 Å². The summed E-state index contributed by atoms with van der Waals surface area (Å²) in [5.74, 6) is -0.581. The molecule has 0 saturated carbocycles. The van der Waals surface area contributed by atoms with Gasteiger partial charge >= 0.3 is 5.97 Å². The van der Waals surface area contributed by atoms with Gasteiger partial charge in [0.2, 0.25) is 0 Å². The second-order valence-electron chi connectivity index (χ2n) is 11.8. The Morgan fingerprint density at radius 3 is 2.08 bits per heavy atom. The van der Waals surface area contributed by atoms with E-state index < -0.39 is 23.8 Å². The third kappa shape index (κ3) is 16.7. The fraction of sp³-hybridized carbons (Fsp3) is 0.897. The molecule has 0 aliphatic rings. The highest BCUT2D eigenvalue weighted by atomic mass is 16.6. The second-order valence-corrected chi connectivity index (χ2v) is 11.8. The van der Waals surface area contributed by atoms with Crippen LogP contribution in [0.1, 0.15) is 61.3 Å². The van der Waals surface area contributed by atoms with Crippen molar-refractivity contribution in [3.63, 3.8) is 0 Å². The van der Waals surface area contributed by atoms with E-state index in [-0.39, 0.29) is 68.4 Å². The molecule has 0 radical (unpaired) electrons. The predicted octanol–water partition coefficient (Wildman–Crippen LogP) is 2.35. The zero-order valence-corrected chi connectivity index (χ0v) is 25.3. The summed E-state index contributed by atoms with van der Waals surface area (Å²) in [4.78, 5) is 11.4. The van der Waals surface area contributed by atoms with Gasteiger partial charge in [-0.15, -0.1) is 0 Å². The molecule has 0 amide bonds. The number of aliphatic hydroxyl groups excluding tert-OH is 4. The summed E-state index contributed by atoms with van der Waals surface area (Å²) >= 11 is 0. The Balaban J connectivity index is 4.64. The Morgan fingerprint density at radius 2 is 1.54 bits per heavy atom. The van der Waals surface area contributed by atoms with Crippen LogP contribution in [0.15, 0.2) is 12.2 Å². The van der Waals surface area contributed by atoms with Crippen LogP contribution in [0.4, 0.5) is 0 Å². The molecule has 232 valence electrons. The molecule has 6 unspecified atom stereocenters. The van der Waals surface area contributed by atoms with Crippen molar-refractivity contribution in [1.82, 2.24) is 0 Å². The number of rotatable bonds is 24. The number of carbonyl (C=O) groups excluding carboxylic acids is 1. The van der Waals surface area contributed by atoms with Gasteiger partial charge in [0.25, 0.3) is 0 Å². The first-order chi connectivity index (χ1) is 18.2. The number of esters is 1. The van der Waals surface area contributed by atoms with E-state index in [2.05, 4.69) is 13.5 Å². The van der Waals surface area contributed by atoms with E-state index in [0.717, 1.165) is 12.8 Å². The molecule has 4 N–H and O–H groups in total. The van der Waals surface area contributed by atoms with Crippen LogP contribution in [0.2, 0.25) is 0 Å². The van der Waals surface area contributed by atoms with Crippen LogP contribution < -0.4 is 0 Å². The Kier molecular flexibility index (Phi) is 19.3. The second kappa shape index (κ2) is 19.9. The van der Waals surface area contributed by atoms with Crippen LogP contribution in [0.25, 0.3) is 0 Å². The number of hydrogen-bond acceptors (Lipinski definition) is 10. The molecular weight excluding hydrogens is 508 g/mol. The maximum Gasteiger partial charge on any atom is 0.333 e. The Hall–Kier alpha value is -1.11. The van der Waals surface area contributed by atoms with E-state index in [4.69, 9.17) is 28.8 Å². The van der Waals surface area contributed by atoms with E-state index in [0.29, 0.717) is 26.4 Å². The molecule has 0 aliphatic heterocycles. The Bertz CT molecular complexity index is 670. The SMILES string of the molecule is C=C(C)C(=O)OCC(O)COCC(C)CC(C)(CC)OCC(CO)C(C)(C)COCC(CO)OCC(C)CO. The van der Waals surface area contributed by atoms with Crippen LogP contribution >= 0.6 is 0 Å². The third-order valence-electron chi connectivity index (χ3n) is 6.86. The van der Waals surface area contributed by atoms with Gasteiger partial charge in [0, 0.05) is 37.2 Å². The minimum absolute atomic E-state index is 0.0153. The highest BCUT2D eigenvalue weighted by Gasteiger charge is 2.33. The number of aliphatic hydroxyl groups is 4. The van der Waals surface area contributed by atoms with E-state index in [1.165, 1.54) is 0 Å². The first-order valence-electron chi connectivity index (χ1n) is 14.0. The average molecular weight is 565 g/mol. The minimum atomic E-state index is -0.910. The molecule has 0 aromatic rings. The van der Waals surface area contributed by atoms with Crippen molar-refractivity contribution in [2.75, 3.05) is 66.1 Å². The summed E-state index contributed by atoms with van der Waals surface area (Å²) in [6.07, 6.45) is 0.111. The molecule has 0 aromatic carbocycles. The van der Waals surface area contributed by atoms with Gasteiger partial charge in [0.05, 0.1) is 45.2 Å². The van der Waals surface area contributed by atoms with Crippen molar-refractivity contribution < 1.29 is 48.9 Å². The topological polar surface area (TPSA) is 144 Å². The lowest BCUT2D eigenvalue weighted by Gasteiger charge is -2.38. The van der Waals surface area contributed by atoms with Crippen LogP contribution in [0.3, 0.4) is 0 Å². The number of carbonyl (C=O) groups is 1. The molecule has 0 bridgehead atoms. The molecule has 10 nitrogen and oxygen atoms in total. The van der Waals surface area contributed by atoms with Crippen molar-refractivity contribution in [3.8, 4) is 0 Å². The lowest BCUT2D eigenvalue weighted by molar-refractivity contribution is -0.143. The lowest BCUT2D eigenvalue weighted by Crippen LogP contribution is -2.40. The highest BCUT2D eigenvalue weighted by molar-refractivity contribution is 5.86. The predicted molar refractivity (Wildman–Crippen MR) is 149 cm³/mol. The normalized spacial score (nSPS) is 17.6. The van der Waals surface area contributed by atoms with Crippen molar-refractivity contribution in [3.05, 3.63) is 12.2 Å². The summed E-state index contributed by atoms with van der Waals surface area (Å²) in [5.41, 5.74) is -0.540. The van der Waals surface area contributed by atoms with Gasteiger partial charge in [-0.2, -0.15) is 0 Å². The molecule has 0 heterocycles. The molecular formula is C29H56O10. The molecule has 0 fully saturated rings. The average Bonchev–Trinajstić information content (AvgIpc) is 2.88. The molecule has 39 heavy (non-hydrogen) atoms. The molecule has 0 saturated heterocycles. The van der Waals surface area contributed by atoms with Crippen molar-refractivity contribution in [1.29, 1.82) is 0 Å². The quantitative estimate of drug-likeness (QED) is 0.102. The van der Waals surface area contributed by atoms with Gasteiger partial charge in [0.1, 0.15) is 18.8 Å². The zero-order chi connectivity index (χ0) is 30.1. The summed E-state index contributed by atoms with van der Waals surface area (Å²) in [6, 6.07) is 0. The molecule has 0 aromatic heterocycles. The van der Waals surface area contributed by atoms with E-state index in [1.807, 2.05) is 34.6 Å². The van der Waals surface area contributed by atoms with Gasteiger partial charge in [-0.25, -0.2) is 4.79 Å². The van der Waals surface area contributed by atoms with E-state index in [9.17, 15) is 20.1 Å². The minimum Gasteiger partial charge on any atom is -0.460 e. The monoisotopic (exact) mass is 564 g/mol. The summed E-state index contributed by atoms with van der Waals surface area (Å²) < 4.78 is 28.4. The smallest absolute Gasteiger partial charge is 0.333 e. The van der Waals surface area contributed by atoms with Crippen LogP contribution in [0.5, 0.6) is 0 Å². The first kappa shape index (κ1) is 37.9. The highest BCUT2D eigenvalue weighted by Crippen LogP contribution is 2.31.